The maximum absolute atomic E-state index is 12.6. The number of carboxylic acid groups (broad SMARTS) is 1. The van der Waals surface area contributed by atoms with Gasteiger partial charge in [0.05, 0.1) is 24.5 Å². The molecule has 0 aliphatic rings. The second kappa shape index (κ2) is 8.54. The number of carboxylic acids is 1. The summed E-state index contributed by atoms with van der Waals surface area (Å²) in [4.78, 5) is 23.7. The summed E-state index contributed by atoms with van der Waals surface area (Å²) >= 11 is 0. The average Bonchev–Trinajstić information content (AvgIpc) is 3.27. The summed E-state index contributed by atoms with van der Waals surface area (Å²) in [5.41, 5.74) is 3.63. The Bertz CT molecular complexity index is 1310. The molecule has 0 spiro atoms. The Morgan fingerprint density at radius 3 is 2.52 bits per heavy atom. The first-order valence-electron chi connectivity index (χ1n) is 9.39. The molecule has 0 aliphatic heterocycles. The van der Waals surface area contributed by atoms with E-state index in [1.807, 2.05) is 24.3 Å². The molecule has 0 unspecified atom stereocenters. The summed E-state index contributed by atoms with van der Waals surface area (Å²) < 4.78 is 11.0. The predicted octanol–water partition coefficient (Wildman–Crippen LogP) is 4.57. The molecular weight excluding hydrogens is 396 g/mol. The highest BCUT2D eigenvalue weighted by molar-refractivity contribution is 6.01. The molecule has 0 saturated heterocycles. The van der Waals surface area contributed by atoms with E-state index in [0.29, 0.717) is 28.4 Å². The Morgan fingerprint density at radius 1 is 1.00 bits per heavy atom. The molecule has 2 N–H and O–H groups in total. The maximum Gasteiger partial charge on any atom is 0.335 e. The van der Waals surface area contributed by atoms with Crippen molar-refractivity contribution in [2.45, 2.75) is 0 Å². The first kappa shape index (κ1) is 19.9. The van der Waals surface area contributed by atoms with Crippen LogP contribution >= 0.6 is 0 Å². The lowest BCUT2D eigenvalue weighted by Crippen LogP contribution is -2.18. The Morgan fingerprint density at radius 2 is 1.77 bits per heavy atom. The van der Waals surface area contributed by atoms with Crippen molar-refractivity contribution in [3.05, 3.63) is 89.7 Å². The zero-order valence-electron chi connectivity index (χ0n) is 16.5. The van der Waals surface area contributed by atoms with Crippen LogP contribution in [0.2, 0.25) is 0 Å². The highest BCUT2D eigenvalue weighted by Gasteiger charge is 2.13. The van der Waals surface area contributed by atoms with Crippen molar-refractivity contribution in [2.75, 3.05) is 7.11 Å². The number of carbonyl (C=O) groups excluding carboxylic acids is 1. The Hall–Kier alpha value is -4.39. The zero-order valence-corrected chi connectivity index (χ0v) is 16.5. The number of nitrogens with zero attached hydrogens (tertiary/aromatic N) is 1. The van der Waals surface area contributed by atoms with E-state index in [9.17, 15) is 9.59 Å². The molecule has 0 aliphatic carbocycles. The van der Waals surface area contributed by atoms with Gasteiger partial charge in [0.25, 0.3) is 5.91 Å². The first-order valence-corrected chi connectivity index (χ1v) is 9.39. The summed E-state index contributed by atoms with van der Waals surface area (Å²) in [6, 6.07) is 21.0. The molecule has 1 aromatic heterocycles. The molecule has 31 heavy (non-hydrogen) atoms. The van der Waals surface area contributed by atoms with Crippen molar-refractivity contribution >= 4 is 28.9 Å². The molecule has 4 rings (SSSR count). The average molecular weight is 414 g/mol. The van der Waals surface area contributed by atoms with Gasteiger partial charge in [-0.3, -0.25) is 4.79 Å². The third-order valence-electron chi connectivity index (χ3n) is 4.69. The number of nitrogens with one attached hydrogen (secondary N) is 1. The molecule has 0 saturated carbocycles. The lowest BCUT2D eigenvalue weighted by atomic mass is 10.1. The summed E-state index contributed by atoms with van der Waals surface area (Å²) in [7, 11) is 1.51. The molecule has 0 fully saturated rings. The van der Waals surface area contributed by atoms with E-state index in [0.717, 1.165) is 10.8 Å². The van der Waals surface area contributed by atoms with Gasteiger partial charge in [-0.2, -0.15) is 5.10 Å². The van der Waals surface area contributed by atoms with Crippen LogP contribution < -0.4 is 10.2 Å². The van der Waals surface area contributed by atoms with Crippen LogP contribution in [-0.4, -0.2) is 30.3 Å². The number of furan rings is 1. The van der Waals surface area contributed by atoms with Gasteiger partial charge in [0.15, 0.2) is 0 Å². The van der Waals surface area contributed by atoms with Crippen LogP contribution in [-0.2, 0) is 0 Å². The van der Waals surface area contributed by atoms with Crippen molar-refractivity contribution in [3.8, 4) is 17.1 Å². The second-order valence-electron chi connectivity index (χ2n) is 6.69. The highest BCUT2D eigenvalue weighted by atomic mass is 16.5. The topological polar surface area (TPSA) is 101 Å². The smallest absolute Gasteiger partial charge is 0.335 e. The highest BCUT2D eigenvalue weighted by Crippen LogP contribution is 2.26. The molecule has 4 aromatic rings. The third kappa shape index (κ3) is 4.30. The minimum Gasteiger partial charge on any atom is -0.496 e. The number of amides is 1. The van der Waals surface area contributed by atoms with E-state index in [1.54, 1.807) is 36.4 Å². The van der Waals surface area contributed by atoms with Gasteiger partial charge in [0.1, 0.15) is 17.3 Å². The van der Waals surface area contributed by atoms with Crippen LogP contribution in [0.3, 0.4) is 0 Å². The lowest BCUT2D eigenvalue weighted by molar-refractivity contribution is 0.0696. The minimum atomic E-state index is -1.01. The largest absolute Gasteiger partial charge is 0.496 e. The summed E-state index contributed by atoms with van der Waals surface area (Å²) in [6.45, 7) is 0. The number of rotatable bonds is 6. The van der Waals surface area contributed by atoms with Gasteiger partial charge < -0.3 is 14.3 Å². The van der Waals surface area contributed by atoms with E-state index in [1.165, 1.54) is 25.5 Å². The van der Waals surface area contributed by atoms with Gasteiger partial charge in [-0.15, -0.1) is 0 Å². The summed E-state index contributed by atoms with van der Waals surface area (Å²) in [5.74, 6) is -0.0830. The number of benzene rings is 3. The maximum atomic E-state index is 12.6. The standard InChI is InChI=1S/C24H18N2O5/c1-30-22-13-16-6-3-2-5-15(16)12-20(22)23(27)26-25-14-19-9-10-21(31-19)17-7-4-8-18(11-17)24(28)29/h2-14H,1H3,(H,26,27)(H,28,29). The number of methoxy groups -OCH3 is 1. The zero-order chi connectivity index (χ0) is 21.8. The molecular formula is C24H18N2O5. The number of ether oxygens (including phenoxy) is 1. The normalized spacial score (nSPS) is 11.0. The fourth-order valence-electron chi connectivity index (χ4n) is 3.16. The molecule has 0 radical (unpaired) electrons. The summed E-state index contributed by atoms with van der Waals surface area (Å²) in [5, 5.41) is 15.0. The van der Waals surface area contributed by atoms with E-state index >= 15 is 0 Å². The molecule has 0 bridgehead atoms. The Labute approximate surface area is 177 Å². The molecule has 7 nitrogen and oxygen atoms in total. The number of hydrazone groups is 1. The van der Waals surface area contributed by atoms with Crippen LogP contribution in [0.1, 0.15) is 26.5 Å². The van der Waals surface area contributed by atoms with Crippen LogP contribution in [0.4, 0.5) is 0 Å². The number of carbonyl (C=O) groups is 2. The number of aromatic carboxylic acids is 1. The molecule has 7 heteroatoms. The van der Waals surface area contributed by atoms with E-state index < -0.39 is 11.9 Å². The third-order valence-corrected chi connectivity index (χ3v) is 4.69. The van der Waals surface area contributed by atoms with Gasteiger partial charge in [0.2, 0.25) is 0 Å². The van der Waals surface area contributed by atoms with Crippen LogP contribution in [0.5, 0.6) is 5.75 Å². The van der Waals surface area contributed by atoms with Crippen molar-refractivity contribution in [3.63, 3.8) is 0 Å². The quantitative estimate of drug-likeness (QED) is 0.355. The molecule has 0 atom stereocenters. The molecule has 1 amide bonds. The monoisotopic (exact) mass is 414 g/mol. The Kier molecular flexibility index (Phi) is 5.49. The minimum absolute atomic E-state index is 0.167. The van der Waals surface area contributed by atoms with Crippen LogP contribution in [0.15, 0.2) is 82.3 Å². The number of hydrogen-bond acceptors (Lipinski definition) is 5. The first-order chi connectivity index (χ1) is 15.0. The number of hydrogen-bond donors (Lipinski definition) is 2. The van der Waals surface area contributed by atoms with Crippen LogP contribution in [0, 0.1) is 0 Å². The SMILES string of the molecule is COc1cc2ccccc2cc1C(=O)NN=Cc1ccc(-c2cccc(C(=O)O)c2)o1. The number of fused-ring (bicyclic) bond motifs is 1. The molecule has 1 heterocycles. The van der Waals surface area contributed by atoms with Gasteiger partial charge >= 0.3 is 5.97 Å². The van der Waals surface area contributed by atoms with E-state index in [4.69, 9.17) is 14.3 Å². The van der Waals surface area contributed by atoms with Crippen molar-refractivity contribution < 1.29 is 23.8 Å². The fraction of sp³-hybridized carbons (Fsp3) is 0.0417. The van der Waals surface area contributed by atoms with Gasteiger partial charge in [-0.1, -0.05) is 36.4 Å². The lowest BCUT2D eigenvalue weighted by Gasteiger charge is -2.09. The van der Waals surface area contributed by atoms with Crippen molar-refractivity contribution in [2.24, 2.45) is 5.10 Å². The Balaban J connectivity index is 1.49. The predicted molar refractivity (Wildman–Crippen MR) is 117 cm³/mol. The van der Waals surface area contributed by atoms with Gasteiger partial charge in [-0.25, -0.2) is 10.2 Å². The van der Waals surface area contributed by atoms with E-state index in [2.05, 4.69) is 10.5 Å². The van der Waals surface area contributed by atoms with Gasteiger partial charge in [0, 0.05) is 5.56 Å². The van der Waals surface area contributed by atoms with Crippen LogP contribution in [0.25, 0.3) is 22.1 Å². The second-order valence-corrected chi connectivity index (χ2v) is 6.69. The summed E-state index contributed by atoms with van der Waals surface area (Å²) in [6.07, 6.45) is 1.37. The van der Waals surface area contributed by atoms with Crippen molar-refractivity contribution in [1.29, 1.82) is 0 Å². The molecule has 3 aromatic carbocycles. The van der Waals surface area contributed by atoms with Crippen molar-refractivity contribution in [1.82, 2.24) is 5.43 Å². The molecule has 154 valence electrons. The fourth-order valence-corrected chi connectivity index (χ4v) is 3.16. The van der Waals surface area contributed by atoms with E-state index in [-0.39, 0.29) is 5.56 Å². The van der Waals surface area contributed by atoms with Gasteiger partial charge in [-0.05, 0) is 47.2 Å².